The van der Waals surface area contributed by atoms with Crippen molar-refractivity contribution < 1.29 is 29.3 Å². The zero-order chi connectivity index (χ0) is 13.8. The van der Waals surface area contributed by atoms with Crippen molar-refractivity contribution in [3.05, 3.63) is 12.2 Å². The van der Waals surface area contributed by atoms with Crippen LogP contribution in [-0.4, -0.2) is 48.1 Å². The van der Waals surface area contributed by atoms with Gasteiger partial charge >= 0.3 is 11.9 Å². The molecular weight excluding hydrogens is 252 g/mol. The monoisotopic (exact) mass is 270 g/mol. The lowest BCUT2D eigenvalue weighted by atomic mass is 9.91. The number of hydrogen-bond donors (Lipinski definition) is 2. The lowest BCUT2D eigenvalue weighted by Crippen LogP contribution is -2.35. The lowest BCUT2D eigenvalue weighted by molar-refractivity contribution is -0.160. The molecule has 4 atom stereocenters. The number of ether oxygens (including phenoxy) is 2. The van der Waals surface area contributed by atoms with E-state index in [9.17, 15) is 14.7 Å². The molecule has 2 aliphatic rings. The van der Waals surface area contributed by atoms with Gasteiger partial charge in [0, 0.05) is 5.92 Å². The van der Waals surface area contributed by atoms with E-state index in [0.717, 1.165) is 6.42 Å². The summed E-state index contributed by atoms with van der Waals surface area (Å²) in [5.74, 6) is -1.99. The number of aliphatic hydroxyl groups excluding tert-OH is 1. The van der Waals surface area contributed by atoms with Crippen LogP contribution in [0.15, 0.2) is 12.2 Å². The van der Waals surface area contributed by atoms with E-state index >= 15 is 0 Å². The molecule has 4 unspecified atom stereocenters. The molecule has 2 rings (SSSR count). The Bertz CT molecular complexity index is 377. The molecule has 0 aliphatic heterocycles. The molecule has 106 valence electrons. The van der Waals surface area contributed by atoms with Crippen molar-refractivity contribution in [1.82, 2.24) is 0 Å². The van der Waals surface area contributed by atoms with Crippen LogP contribution in [0.2, 0.25) is 0 Å². The van der Waals surface area contributed by atoms with Crippen LogP contribution < -0.4 is 0 Å². The van der Waals surface area contributed by atoms with Gasteiger partial charge in [-0.3, -0.25) is 9.59 Å². The van der Waals surface area contributed by atoms with E-state index in [4.69, 9.17) is 14.6 Å². The lowest BCUT2D eigenvalue weighted by Gasteiger charge is -2.24. The number of hydrogen-bond acceptors (Lipinski definition) is 5. The van der Waals surface area contributed by atoms with Crippen LogP contribution >= 0.6 is 0 Å². The summed E-state index contributed by atoms with van der Waals surface area (Å²) >= 11 is 0. The van der Waals surface area contributed by atoms with Crippen LogP contribution in [0.1, 0.15) is 12.8 Å². The Balaban J connectivity index is 1.82. The number of aliphatic hydroxyl groups is 1. The Kier molecular flexibility index (Phi) is 4.55. The van der Waals surface area contributed by atoms with Crippen molar-refractivity contribution in [2.45, 2.75) is 18.9 Å². The van der Waals surface area contributed by atoms with Crippen molar-refractivity contribution in [2.75, 3.05) is 19.8 Å². The first-order valence-corrected chi connectivity index (χ1v) is 6.42. The van der Waals surface area contributed by atoms with Gasteiger partial charge in [-0.2, -0.15) is 0 Å². The normalized spacial score (nSPS) is 31.6. The molecule has 0 amide bonds. The number of carboxylic acid groups (broad SMARTS) is 1. The maximum Gasteiger partial charge on any atom is 0.310 e. The van der Waals surface area contributed by atoms with E-state index in [2.05, 4.69) is 0 Å². The van der Waals surface area contributed by atoms with Gasteiger partial charge in [-0.15, -0.1) is 0 Å². The molecule has 2 aliphatic carbocycles. The van der Waals surface area contributed by atoms with Gasteiger partial charge < -0.3 is 19.7 Å². The van der Waals surface area contributed by atoms with Crippen molar-refractivity contribution in [3.63, 3.8) is 0 Å². The largest absolute Gasteiger partial charge is 0.481 e. The average molecular weight is 270 g/mol. The Labute approximate surface area is 111 Å². The van der Waals surface area contributed by atoms with Gasteiger partial charge in [0.2, 0.25) is 0 Å². The van der Waals surface area contributed by atoms with Gasteiger partial charge in [0.15, 0.2) is 0 Å². The Morgan fingerprint density at radius 1 is 1.21 bits per heavy atom. The number of rotatable bonds is 7. The molecule has 0 aromatic heterocycles. The van der Waals surface area contributed by atoms with Gasteiger partial charge in [-0.05, 0) is 12.3 Å². The van der Waals surface area contributed by atoms with Crippen LogP contribution in [0.5, 0.6) is 0 Å². The summed E-state index contributed by atoms with van der Waals surface area (Å²) in [6, 6.07) is 0. The van der Waals surface area contributed by atoms with Crippen molar-refractivity contribution in [2.24, 2.45) is 17.8 Å². The molecule has 0 aromatic carbocycles. The molecule has 1 saturated carbocycles. The fraction of sp³-hybridized carbons (Fsp3) is 0.692. The zero-order valence-electron chi connectivity index (χ0n) is 10.5. The van der Waals surface area contributed by atoms with Crippen molar-refractivity contribution >= 4 is 11.9 Å². The molecule has 2 bridgehead atoms. The molecule has 0 aromatic rings. The van der Waals surface area contributed by atoms with Gasteiger partial charge in [-0.25, -0.2) is 0 Å². The van der Waals surface area contributed by atoms with Crippen LogP contribution in [0, 0.1) is 17.8 Å². The summed E-state index contributed by atoms with van der Waals surface area (Å²) in [4.78, 5) is 22.8. The zero-order valence-corrected chi connectivity index (χ0v) is 10.5. The van der Waals surface area contributed by atoms with E-state index < -0.39 is 24.0 Å². The van der Waals surface area contributed by atoms with Crippen molar-refractivity contribution in [1.29, 1.82) is 0 Å². The first-order valence-electron chi connectivity index (χ1n) is 6.42. The average Bonchev–Trinajstić information content (AvgIpc) is 2.95. The number of carbonyl (C=O) groups excluding carboxylic acids is 1. The first-order chi connectivity index (χ1) is 9.13. The Morgan fingerprint density at radius 3 is 2.63 bits per heavy atom. The molecule has 6 nitrogen and oxygen atoms in total. The van der Waals surface area contributed by atoms with Gasteiger partial charge in [0.25, 0.3) is 0 Å². The molecule has 0 radical (unpaired) electrons. The minimum Gasteiger partial charge on any atom is -0.481 e. The summed E-state index contributed by atoms with van der Waals surface area (Å²) in [5.41, 5.74) is 0. The Morgan fingerprint density at radius 2 is 1.95 bits per heavy atom. The summed E-state index contributed by atoms with van der Waals surface area (Å²) in [5, 5.41) is 17.7. The predicted molar refractivity (Wildman–Crippen MR) is 64.3 cm³/mol. The van der Waals surface area contributed by atoms with Crippen LogP contribution in [-0.2, 0) is 19.1 Å². The maximum absolute atomic E-state index is 11.6. The molecule has 0 spiro atoms. The number of fused-ring (bicyclic) bond motifs is 2. The Hall–Kier alpha value is -1.40. The fourth-order valence-electron chi connectivity index (χ4n) is 2.79. The fourth-order valence-corrected chi connectivity index (χ4v) is 2.79. The summed E-state index contributed by atoms with van der Waals surface area (Å²) in [6.45, 7) is 0.267. The molecule has 1 fully saturated rings. The van der Waals surface area contributed by atoms with E-state index in [0.29, 0.717) is 0 Å². The summed E-state index contributed by atoms with van der Waals surface area (Å²) in [7, 11) is 0. The minimum atomic E-state index is -0.911. The quantitative estimate of drug-likeness (QED) is 0.390. The minimum absolute atomic E-state index is 0.0217. The number of carboxylic acids is 1. The number of esters is 1. The van der Waals surface area contributed by atoms with E-state index in [1.807, 2.05) is 12.2 Å². The van der Waals surface area contributed by atoms with Crippen LogP contribution in [0.4, 0.5) is 0 Å². The highest BCUT2D eigenvalue weighted by Crippen LogP contribution is 2.45. The number of allylic oxidation sites excluding steroid dienone is 1. The molecule has 19 heavy (non-hydrogen) atoms. The first kappa shape index (κ1) is 14.0. The highest BCUT2D eigenvalue weighted by atomic mass is 16.5. The topological polar surface area (TPSA) is 93.1 Å². The van der Waals surface area contributed by atoms with Gasteiger partial charge in [0.1, 0.15) is 12.0 Å². The summed E-state index contributed by atoms with van der Waals surface area (Å²) < 4.78 is 10.3. The molecule has 0 heterocycles. The smallest absolute Gasteiger partial charge is 0.310 e. The van der Waals surface area contributed by atoms with Crippen LogP contribution in [0.3, 0.4) is 0 Å². The second kappa shape index (κ2) is 6.16. The van der Waals surface area contributed by atoms with Crippen molar-refractivity contribution in [3.8, 4) is 0 Å². The van der Waals surface area contributed by atoms with Gasteiger partial charge in [0.05, 0.1) is 26.2 Å². The van der Waals surface area contributed by atoms with E-state index in [1.165, 1.54) is 0 Å². The second-order valence-electron chi connectivity index (χ2n) is 4.85. The van der Waals surface area contributed by atoms with Crippen LogP contribution in [0.25, 0.3) is 0 Å². The standard InChI is InChI=1S/C13H18O6/c14-4-6-18-5-3-10(15)19-12-9-2-1-8(7-9)11(12)13(16)17/h1-2,8-9,11-12,14H,3-7H2,(H,16,17). The molecule has 2 N–H and O–H groups in total. The molecule has 6 heteroatoms. The number of carbonyl (C=O) groups is 2. The SMILES string of the molecule is O=C(CCOCCO)OC1C2C=CC(C2)C1C(=O)O. The summed E-state index contributed by atoms with van der Waals surface area (Å²) in [6.07, 6.45) is 4.10. The second-order valence-corrected chi connectivity index (χ2v) is 4.85. The van der Waals surface area contributed by atoms with Gasteiger partial charge in [-0.1, -0.05) is 12.2 Å². The third-order valence-electron chi connectivity index (χ3n) is 3.63. The predicted octanol–water partition coefficient (Wildman–Crippen LogP) is 0.204. The third-order valence-corrected chi connectivity index (χ3v) is 3.63. The number of aliphatic carboxylic acids is 1. The highest BCUT2D eigenvalue weighted by molar-refractivity contribution is 5.75. The van der Waals surface area contributed by atoms with E-state index in [-0.39, 0.29) is 38.1 Å². The molecule has 0 saturated heterocycles. The van der Waals surface area contributed by atoms with E-state index in [1.54, 1.807) is 0 Å². The highest BCUT2D eigenvalue weighted by Gasteiger charge is 2.50. The maximum atomic E-state index is 11.6. The molecular formula is C13H18O6. The third kappa shape index (κ3) is 3.13.